The Morgan fingerprint density at radius 3 is 2.22 bits per heavy atom. The van der Waals surface area contributed by atoms with Gasteiger partial charge in [-0.2, -0.15) is 0 Å². The molecule has 1 atom stereocenters. The van der Waals surface area contributed by atoms with E-state index >= 15 is 0 Å². The van der Waals surface area contributed by atoms with Gasteiger partial charge in [0.15, 0.2) is 0 Å². The van der Waals surface area contributed by atoms with Crippen LogP contribution in [0.3, 0.4) is 0 Å². The van der Waals surface area contributed by atoms with Crippen molar-refractivity contribution in [3.05, 3.63) is 0 Å². The Labute approximate surface area is 108 Å². The molecule has 0 saturated heterocycles. The number of aliphatic carboxylic acids is 1. The van der Waals surface area contributed by atoms with E-state index in [0.717, 1.165) is 32.1 Å². The summed E-state index contributed by atoms with van der Waals surface area (Å²) in [5, 5.41) is 8.42. The maximum absolute atomic E-state index is 11.4. The highest BCUT2D eigenvalue weighted by Gasteiger charge is 2.20. The standard InChI is InChI=1S/C13H22O5/c1-3-5-7-10(6-4-2)18-13(17)11(14)8-9-12(15)16/h10H,3-9H2,1-2H3,(H,15,16). The van der Waals surface area contributed by atoms with Gasteiger partial charge in [0.05, 0.1) is 6.42 Å². The molecule has 0 aliphatic carbocycles. The van der Waals surface area contributed by atoms with Crippen molar-refractivity contribution in [2.45, 2.75) is 64.9 Å². The first kappa shape index (κ1) is 16.6. The van der Waals surface area contributed by atoms with Crippen molar-refractivity contribution in [3.63, 3.8) is 0 Å². The van der Waals surface area contributed by atoms with Crippen LogP contribution in [0.4, 0.5) is 0 Å². The smallest absolute Gasteiger partial charge is 0.374 e. The lowest BCUT2D eigenvalue weighted by molar-refractivity contribution is -0.158. The van der Waals surface area contributed by atoms with Crippen LogP contribution in [0.25, 0.3) is 0 Å². The number of Topliss-reactive ketones (excluding diaryl/α,β-unsaturated/α-hetero) is 1. The summed E-state index contributed by atoms with van der Waals surface area (Å²) in [6.45, 7) is 4.03. The van der Waals surface area contributed by atoms with Gasteiger partial charge in [0.2, 0.25) is 5.78 Å². The molecule has 5 nitrogen and oxygen atoms in total. The molecule has 0 amide bonds. The molecular formula is C13H22O5. The molecule has 0 rings (SSSR count). The molecule has 0 aliphatic rings. The van der Waals surface area contributed by atoms with Gasteiger partial charge < -0.3 is 9.84 Å². The lowest BCUT2D eigenvalue weighted by Crippen LogP contribution is -2.25. The third kappa shape index (κ3) is 7.81. The molecule has 1 N–H and O–H groups in total. The SMILES string of the molecule is CCCCC(CCC)OC(=O)C(=O)CCC(=O)O. The third-order valence-electron chi connectivity index (χ3n) is 2.56. The molecule has 0 aromatic rings. The molecule has 18 heavy (non-hydrogen) atoms. The second-order valence-corrected chi connectivity index (χ2v) is 4.28. The predicted octanol–water partition coefficient (Wildman–Crippen LogP) is 2.32. The number of hydrogen-bond acceptors (Lipinski definition) is 4. The normalized spacial score (nSPS) is 11.9. The fourth-order valence-electron chi connectivity index (χ4n) is 1.56. The fourth-order valence-corrected chi connectivity index (χ4v) is 1.56. The monoisotopic (exact) mass is 258 g/mol. The van der Waals surface area contributed by atoms with Crippen molar-refractivity contribution in [1.82, 2.24) is 0 Å². The number of esters is 1. The Morgan fingerprint density at radius 1 is 1.06 bits per heavy atom. The van der Waals surface area contributed by atoms with Crippen LogP contribution < -0.4 is 0 Å². The second kappa shape index (κ2) is 9.62. The summed E-state index contributed by atoms with van der Waals surface area (Å²) < 4.78 is 5.11. The Balaban J connectivity index is 4.13. The van der Waals surface area contributed by atoms with Gasteiger partial charge in [-0.3, -0.25) is 9.59 Å². The number of ether oxygens (including phenoxy) is 1. The van der Waals surface area contributed by atoms with Crippen LogP contribution in [0, 0.1) is 0 Å². The van der Waals surface area contributed by atoms with Gasteiger partial charge in [0.1, 0.15) is 6.10 Å². The first-order valence-corrected chi connectivity index (χ1v) is 6.46. The van der Waals surface area contributed by atoms with E-state index in [9.17, 15) is 14.4 Å². The van der Waals surface area contributed by atoms with Gasteiger partial charge in [-0.05, 0) is 12.8 Å². The van der Waals surface area contributed by atoms with Crippen molar-refractivity contribution in [2.75, 3.05) is 0 Å². The third-order valence-corrected chi connectivity index (χ3v) is 2.56. The molecule has 0 spiro atoms. The molecule has 0 aromatic heterocycles. The van der Waals surface area contributed by atoms with Crippen molar-refractivity contribution in [3.8, 4) is 0 Å². The summed E-state index contributed by atoms with van der Waals surface area (Å²) in [7, 11) is 0. The van der Waals surface area contributed by atoms with Gasteiger partial charge in [0.25, 0.3) is 0 Å². The largest absolute Gasteiger partial charge is 0.481 e. The Bertz CT molecular complexity index is 285. The van der Waals surface area contributed by atoms with Crippen LogP contribution in [0.5, 0.6) is 0 Å². The van der Waals surface area contributed by atoms with Gasteiger partial charge in [-0.15, -0.1) is 0 Å². The van der Waals surface area contributed by atoms with Crippen molar-refractivity contribution in [2.24, 2.45) is 0 Å². The summed E-state index contributed by atoms with van der Waals surface area (Å²) >= 11 is 0. The van der Waals surface area contributed by atoms with Gasteiger partial charge >= 0.3 is 11.9 Å². The summed E-state index contributed by atoms with van der Waals surface area (Å²) in [5.41, 5.74) is 0. The highest BCUT2D eigenvalue weighted by Crippen LogP contribution is 2.12. The maximum atomic E-state index is 11.4. The van der Waals surface area contributed by atoms with Crippen LogP contribution in [0.2, 0.25) is 0 Å². The quantitative estimate of drug-likeness (QED) is 0.480. The first-order valence-electron chi connectivity index (χ1n) is 6.46. The number of ketones is 1. The zero-order valence-corrected chi connectivity index (χ0v) is 11.1. The molecule has 0 fully saturated rings. The number of unbranched alkanes of at least 4 members (excludes halogenated alkanes) is 1. The molecule has 0 bridgehead atoms. The molecule has 0 aromatic carbocycles. The Kier molecular flexibility index (Phi) is 8.88. The molecular weight excluding hydrogens is 236 g/mol. The van der Waals surface area contributed by atoms with E-state index in [-0.39, 0.29) is 18.9 Å². The second-order valence-electron chi connectivity index (χ2n) is 4.28. The van der Waals surface area contributed by atoms with Crippen LogP contribution >= 0.6 is 0 Å². The number of carboxylic acid groups (broad SMARTS) is 1. The average molecular weight is 258 g/mol. The van der Waals surface area contributed by atoms with Gasteiger partial charge in [0, 0.05) is 6.42 Å². The number of carbonyl (C=O) groups is 3. The number of carboxylic acids is 1. The molecule has 0 heterocycles. The fraction of sp³-hybridized carbons (Fsp3) is 0.769. The first-order chi connectivity index (χ1) is 8.51. The Morgan fingerprint density at radius 2 is 1.72 bits per heavy atom. The van der Waals surface area contributed by atoms with Crippen molar-refractivity contribution in [1.29, 1.82) is 0 Å². The van der Waals surface area contributed by atoms with Crippen molar-refractivity contribution >= 4 is 17.7 Å². The van der Waals surface area contributed by atoms with Crippen LogP contribution in [0.1, 0.15) is 58.8 Å². The van der Waals surface area contributed by atoms with E-state index in [4.69, 9.17) is 9.84 Å². The Hall–Kier alpha value is -1.39. The summed E-state index contributed by atoms with van der Waals surface area (Å²) in [6.07, 6.45) is 3.47. The summed E-state index contributed by atoms with van der Waals surface area (Å²) in [4.78, 5) is 33.1. The highest BCUT2D eigenvalue weighted by atomic mass is 16.5. The predicted molar refractivity (Wildman–Crippen MR) is 66.2 cm³/mol. The van der Waals surface area contributed by atoms with E-state index in [2.05, 4.69) is 0 Å². The van der Waals surface area contributed by atoms with E-state index in [0.29, 0.717) is 0 Å². The lowest BCUT2D eigenvalue weighted by atomic mass is 10.1. The van der Waals surface area contributed by atoms with E-state index in [1.807, 2.05) is 13.8 Å². The maximum Gasteiger partial charge on any atom is 0.374 e. The minimum absolute atomic E-state index is 0.226. The van der Waals surface area contributed by atoms with Crippen LogP contribution in [-0.2, 0) is 19.1 Å². The number of carbonyl (C=O) groups excluding carboxylic acids is 2. The summed E-state index contributed by atoms with van der Waals surface area (Å²) in [6, 6.07) is 0. The number of hydrogen-bond donors (Lipinski definition) is 1. The van der Waals surface area contributed by atoms with Crippen LogP contribution in [0.15, 0.2) is 0 Å². The molecule has 5 heteroatoms. The summed E-state index contributed by atoms with van der Waals surface area (Å²) in [5.74, 6) is -2.74. The van der Waals surface area contributed by atoms with Crippen molar-refractivity contribution < 1.29 is 24.2 Å². The zero-order valence-electron chi connectivity index (χ0n) is 11.1. The molecule has 0 saturated carbocycles. The van der Waals surface area contributed by atoms with Gasteiger partial charge in [-0.1, -0.05) is 33.1 Å². The van der Waals surface area contributed by atoms with E-state index in [1.54, 1.807) is 0 Å². The number of rotatable bonds is 10. The van der Waals surface area contributed by atoms with E-state index in [1.165, 1.54) is 0 Å². The molecule has 104 valence electrons. The molecule has 1 unspecified atom stereocenters. The van der Waals surface area contributed by atoms with Crippen LogP contribution in [-0.4, -0.2) is 28.9 Å². The zero-order chi connectivity index (χ0) is 14.0. The van der Waals surface area contributed by atoms with Gasteiger partial charge in [-0.25, -0.2) is 4.79 Å². The minimum Gasteiger partial charge on any atom is -0.481 e. The van der Waals surface area contributed by atoms with E-state index < -0.39 is 17.7 Å². The molecule has 0 aliphatic heterocycles. The lowest BCUT2D eigenvalue weighted by Gasteiger charge is -2.16. The molecule has 0 radical (unpaired) electrons. The minimum atomic E-state index is -1.09. The topological polar surface area (TPSA) is 80.7 Å². The highest BCUT2D eigenvalue weighted by molar-refractivity contribution is 6.33. The average Bonchev–Trinajstić information content (AvgIpc) is 2.33.